The summed E-state index contributed by atoms with van der Waals surface area (Å²) in [5.41, 5.74) is 0. The molecule has 0 bridgehead atoms. The Balaban J connectivity index is 0. The van der Waals surface area contributed by atoms with E-state index in [1.54, 1.807) is 0 Å². The Morgan fingerprint density at radius 1 is 0.696 bits per heavy atom. The Morgan fingerprint density at radius 3 is 1.65 bits per heavy atom. The number of nitrogens with one attached hydrogen (secondary N) is 1. The van der Waals surface area contributed by atoms with E-state index in [2.05, 4.69) is 19.2 Å². The maximum Gasteiger partial charge on any atom is 0.133 e. The third-order valence-corrected chi connectivity index (χ3v) is 5.43. The molecule has 0 spiro atoms. The molecule has 0 aromatic rings. The molecule has 0 saturated carbocycles. The molecule has 0 radical (unpaired) electrons. The Hall–Kier alpha value is 0.863. The first-order valence-corrected chi connectivity index (χ1v) is 11.1. The van der Waals surface area contributed by atoms with E-state index in [4.69, 9.17) is 12.2 Å². The van der Waals surface area contributed by atoms with E-state index in [1.165, 1.54) is 95.6 Å². The summed E-state index contributed by atoms with van der Waals surface area (Å²) in [6.07, 6.45) is 19.2. The van der Waals surface area contributed by atoms with E-state index in [9.17, 15) is 0 Å². The van der Waals surface area contributed by atoms with E-state index in [-0.39, 0.29) is 19.5 Å². The molecule has 1 nitrogen and oxygen atoms in total. The fraction of sp³-hybridized carbons (Fsp3) is 0.947. The smallest absolute Gasteiger partial charge is 0.133 e. The second kappa shape index (κ2) is 22.9. The van der Waals surface area contributed by atoms with E-state index < -0.39 is 0 Å². The Labute approximate surface area is 168 Å². The molecule has 1 N–H and O–H groups in total. The summed E-state index contributed by atoms with van der Waals surface area (Å²) >= 11 is 7.22. The van der Waals surface area contributed by atoms with Crippen LogP contribution < -0.4 is 5.32 Å². The third kappa shape index (κ3) is 22.9. The van der Waals surface area contributed by atoms with Crippen LogP contribution in [0.4, 0.5) is 0 Å². The van der Waals surface area contributed by atoms with Crippen LogP contribution in [0.5, 0.6) is 0 Å². The van der Waals surface area contributed by atoms with Gasteiger partial charge in [-0.1, -0.05) is 115 Å². The maximum atomic E-state index is 5.38. The van der Waals surface area contributed by atoms with Crippen molar-refractivity contribution < 1.29 is 19.5 Å². The number of unbranched alkanes of at least 4 members (excludes halogenated alkanes) is 12. The van der Waals surface area contributed by atoms with E-state index in [0.717, 1.165) is 10.9 Å². The van der Waals surface area contributed by atoms with Gasteiger partial charge in [0, 0.05) is 31.8 Å². The fourth-order valence-electron chi connectivity index (χ4n) is 2.55. The Morgan fingerprint density at radius 2 is 1.13 bits per heavy atom. The van der Waals surface area contributed by atoms with Gasteiger partial charge >= 0.3 is 0 Å². The van der Waals surface area contributed by atoms with Crippen molar-refractivity contribution in [3.63, 3.8) is 0 Å². The molecule has 0 aromatic heterocycles. The van der Waals surface area contributed by atoms with Gasteiger partial charge in [-0.25, -0.2) is 0 Å². The monoisotopic (exact) mass is 409 g/mol. The predicted octanol–water partition coefficient (Wildman–Crippen LogP) is 7.09. The molecule has 0 amide bonds. The van der Waals surface area contributed by atoms with Crippen LogP contribution in [0.3, 0.4) is 0 Å². The summed E-state index contributed by atoms with van der Waals surface area (Å²) in [6, 6.07) is 0. The summed E-state index contributed by atoms with van der Waals surface area (Å²) in [7, 11) is 0. The molecule has 134 valence electrons. The average Bonchev–Trinajstić information content (AvgIpc) is 2.52. The van der Waals surface area contributed by atoms with Crippen molar-refractivity contribution in [2.75, 3.05) is 12.3 Å². The topological polar surface area (TPSA) is 12.0 Å². The van der Waals surface area contributed by atoms with E-state index in [1.807, 2.05) is 11.8 Å². The Bertz CT molecular complexity index is 215. The predicted molar refractivity (Wildman–Crippen MR) is 109 cm³/mol. The van der Waals surface area contributed by atoms with Crippen LogP contribution in [0.1, 0.15) is 104 Å². The molecule has 4 heteroatoms. The molecular weight excluding hydrogens is 372 g/mol. The average molecular weight is 411 g/mol. The van der Waals surface area contributed by atoms with Crippen LogP contribution in [0, 0.1) is 0 Å². The van der Waals surface area contributed by atoms with Crippen molar-refractivity contribution in [1.82, 2.24) is 5.32 Å². The molecular formula is C19H39NS2Zn. The molecule has 0 aliphatic rings. The van der Waals surface area contributed by atoms with Gasteiger partial charge in [0.25, 0.3) is 0 Å². The molecule has 0 heterocycles. The molecule has 23 heavy (non-hydrogen) atoms. The molecule has 0 saturated heterocycles. The van der Waals surface area contributed by atoms with Gasteiger partial charge in [-0.15, -0.1) is 0 Å². The zero-order valence-corrected chi connectivity index (χ0v) is 20.4. The largest absolute Gasteiger partial charge is 0.371 e. The number of thioether (sulfide) groups is 1. The van der Waals surface area contributed by atoms with Crippen LogP contribution in [0.25, 0.3) is 0 Å². The molecule has 0 atom stereocenters. The molecule has 0 unspecified atom stereocenters. The molecule has 0 fully saturated rings. The van der Waals surface area contributed by atoms with Gasteiger partial charge in [-0.3, -0.25) is 0 Å². The van der Waals surface area contributed by atoms with Crippen molar-refractivity contribution in [2.24, 2.45) is 0 Å². The number of thiocarbonyl (C=S) groups is 1. The van der Waals surface area contributed by atoms with Gasteiger partial charge in [0.1, 0.15) is 4.32 Å². The second-order valence-electron chi connectivity index (χ2n) is 6.31. The van der Waals surface area contributed by atoms with Gasteiger partial charge in [0.2, 0.25) is 0 Å². The summed E-state index contributed by atoms with van der Waals surface area (Å²) in [6.45, 7) is 5.61. The van der Waals surface area contributed by atoms with Crippen molar-refractivity contribution >= 4 is 28.3 Å². The SMILES string of the molecule is CCCCCCCCCNC(=S)SCCCCCCCCC.[Zn]. The first-order valence-electron chi connectivity index (χ1n) is 9.71. The molecule has 0 aliphatic heterocycles. The third-order valence-electron chi connectivity index (χ3n) is 4.03. The Kier molecular flexibility index (Phi) is 25.9. The van der Waals surface area contributed by atoms with Crippen LogP contribution in [-0.2, 0) is 19.5 Å². The van der Waals surface area contributed by atoms with Crippen LogP contribution in [0.15, 0.2) is 0 Å². The summed E-state index contributed by atoms with van der Waals surface area (Å²) < 4.78 is 1.01. The minimum atomic E-state index is 0. The number of hydrogen-bond acceptors (Lipinski definition) is 2. The molecule has 0 aliphatic carbocycles. The van der Waals surface area contributed by atoms with Crippen LogP contribution in [0.2, 0.25) is 0 Å². The van der Waals surface area contributed by atoms with Crippen LogP contribution >= 0.6 is 24.0 Å². The van der Waals surface area contributed by atoms with Crippen molar-refractivity contribution in [2.45, 2.75) is 104 Å². The maximum absolute atomic E-state index is 5.38. The van der Waals surface area contributed by atoms with Gasteiger partial charge in [0.15, 0.2) is 0 Å². The first-order chi connectivity index (χ1) is 10.8. The first kappa shape index (κ1) is 26.1. The van der Waals surface area contributed by atoms with Crippen LogP contribution in [-0.4, -0.2) is 16.6 Å². The van der Waals surface area contributed by atoms with E-state index >= 15 is 0 Å². The van der Waals surface area contributed by atoms with Gasteiger partial charge in [0.05, 0.1) is 0 Å². The minimum Gasteiger partial charge on any atom is -0.371 e. The normalized spacial score (nSPS) is 10.3. The van der Waals surface area contributed by atoms with Gasteiger partial charge < -0.3 is 5.32 Å². The number of rotatable bonds is 16. The summed E-state index contributed by atoms with van der Waals surface area (Å²) in [4.78, 5) is 0. The van der Waals surface area contributed by atoms with Gasteiger partial charge in [-0.2, -0.15) is 0 Å². The number of hydrogen-bond donors (Lipinski definition) is 1. The zero-order valence-electron chi connectivity index (χ0n) is 15.8. The zero-order chi connectivity index (χ0) is 16.3. The van der Waals surface area contributed by atoms with Crippen molar-refractivity contribution in [3.8, 4) is 0 Å². The molecule has 0 rings (SSSR count). The van der Waals surface area contributed by atoms with Crippen molar-refractivity contribution in [3.05, 3.63) is 0 Å². The molecule has 0 aromatic carbocycles. The van der Waals surface area contributed by atoms with Crippen molar-refractivity contribution in [1.29, 1.82) is 0 Å². The second-order valence-corrected chi connectivity index (χ2v) is 8.08. The van der Waals surface area contributed by atoms with E-state index in [0.29, 0.717) is 0 Å². The fourth-order valence-corrected chi connectivity index (χ4v) is 3.64. The standard InChI is InChI=1S/C19H39NS2.Zn/c1-3-5-7-9-11-13-15-17-20-19(21)22-18-16-14-12-10-8-6-4-2;/h3-18H2,1-2H3,(H,20,21);. The summed E-state index contributed by atoms with van der Waals surface area (Å²) in [5.74, 6) is 1.19. The van der Waals surface area contributed by atoms with Gasteiger partial charge in [-0.05, 0) is 12.8 Å². The quantitative estimate of drug-likeness (QED) is 0.165. The summed E-state index contributed by atoms with van der Waals surface area (Å²) in [5, 5.41) is 3.40. The minimum absolute atomic E-state index is 0.